The van der Waals surface area contributed by atoms with Gasteiger partial charge >= 0.3 is 5.97 Å². The smallest absolute Gasteiger partial charge is 0.320 e. The lowest BCUT2D eigenvalue weighted by Crippen LogP contribution is -2.36. The summed E-state index contributed by atoms with van der Waals surface area (Å²) in [5.41, 5.74) is -0.102. The van der Waals surface area contributed by atoms with Crippen molar-refractivity contribution in [1.29, 1.82) is 0 Å². The van der Waals surface area contributed by atoms with E-state index in [1.165, 1.54) is 5.75 Å². The molecule has 0 aliphatic carbocycles. The Morgan fingerprint density at radius 3 is 2.86 bits per heavy atom. The van der Waals surface area contributed by atoms with Crippen molar-refractivity contribution in [2.45, 2.75) is 51.7 Å². The van der Waals surface area contributed by atoms with Crippen molar-refractivity contribution in [2.75, 3.05) is 25.1 Å². The number of carbonyl (C=O) groups excluding carboxylic acids is 1. The maximum Gasteiger partial charge on any atom is 0.320 e. The minimum absolute atomic E-state index is 0.102. The first-order valence-electron chi connectivity index (χ1n) is 7.71. The fourth-order valence-corrected chi connectivity index (χ4v) is 3.61. The normalized spacial score (nSPS) is 20.4. The molecular formula is C16H26N2O3S. The van der Waals surface area contributed by atoms with E-state index in [-0.39, 0.29) is 11.4 Å². The van der Waals surface area contributed by atoms with Gasteiger partial charge in [0.25, 0.3) is 0 Å². The third kappa shape index (κ3) is 4.49. The average molecular weight is 326 g/mol. The fraction of sp³-hybridized carbons (Fsp3) is 0.750. The third-order valence-electron chi connectivity index (χ3n) is 3.83. The van der Waals surface area contributed by atoms with E-state index in [9.17, 15) is 4.79 Å². The Kier molecular flexibility index (Phi) is 5.55. The summed E-state index contributed by atoms with van der Waals surface area (Å²) < 4.78 is 11.2. The molecule has 0 aromatic carbocycles. The van der Waals surface area contributed by atoms with Gasteiger partial charge in [-0.2, -0.15) is 11.8 Å². The van der Waals surface area contributed by atoms with Crippen LogP contribution in [0.4, 0.5) is 0 Å². The molecule has 1 aromatic heterocycles. The Balaban J connectivity index is 1.86. The van der Waals surface area contributed by atoms with Gasteiger partial charge in [-0.25, -0.2) is 4.98 Å². The highest BCUT2D eigenvalue weighted by atomic mass is 32.2. The Labute approximate surface area is 136 Å². The van der Waals surface area contributed by atoms with Crippen molar-refractivity contribution >= 4 is 17.7 Å². The molecule has 1 aromatic rings. The molecule has 124 valence electrons. The molecule has 2 atom stereocenters. The van der Waals surface area contributed by atoms with Crippen molar-refractivity contribution in [2.24, 2.45) is 0 Å². The Hall–Kier alpha value is -1.01. The van der Waals surface area contributed by atoms with E-state index in [1.807, 2.05) is 18.8 Å². The first-order chi connectivity index (χ1) is 10.3. The maximum atomic E-state index is 12.1. The van der Waals surface area contributed by atoms with Crippen molar-refractivity contribution < 1.29 is 13.9 Å². The summed E-state index contributed by atoms with van der Waals surface area (Å²) in [6, 6.07) is 0.474. The van der Waals surface area contributed by atoms with Crippen LogP contribution in [0.15, 0.2) is 10.6 Å². The topological polar surface area (TPSA) is 55.6 Å². The van der Waals surface area contributed by atoms with Crippen LogP contribution >= 0.6 is 11.8 Å². The van der Waals surface area contributed by atoms with Crippen LogP contribution < -0.4 is 0 Å². The van der Waals surface area contributed by atoms with Crippen LogP contribution in [0.25, 0.3) is 0 Å². The highest BCUT2D eigenvalue weighted by Crippen LogP contribution is 2.26. The van der Waals surface area contributed by atoms with Gasteiger partial charge in [-0.15, -0.1) is 0 Å². The summed E-state index contributed by atoms with van der Waals surface area (Å²) in [4.78, 5) is 18.4. The molecule has 0 unspecified atom stereocenters. The van der Waals surface area contributed by atoms with Gasteiger partial charge in [0.15, 0.2) is 6.10 Å². The van der Waals surface area contributed by atoms with Gasteiger partial charge in [0.2, 0.25) is 5.89 Å². The molecule has 1 aliphatic heterocycles. The number of thioether (sulfide) groups is 1. The molecule has 2 heterocycles. The number of likely N-dealkylation sites (N-methyl/N-ethyl adjacent to an activating group) is 1. The quantitative estimate of drug-likeness (QED) is 0.775. The molecule has 2 rings (SSSR count). The Morgan fingerprint density at radius 2 is 2.32 bits per heavy atom. The van der Waals surface area contributed by atoms with Crippen LogP contribution in [0.5, 0.6) is 0 Å². The summed E-state index contributed by atoms with van der Waals surface area (Å²) in [6.45, 7) is 8.28. The molecule has 0 radical (unpaired) electrons. The van der Waals surface area contributed by atoms with Gasteiger partial charge in [-0.3, -0.25) is 9.69 Å². The third-order valence-corrected chi connectivity index (χ3v) is 4.97. The standard InChI is InChI=1S/C16H26N2O3S/c1-11(15-17-8-13(21-15)16(2,3)4)20-14(19)9-18(5)12-6-7-22-10-12/h8,11-12H,6-7,9-10H2,1-5H3/t11-,12-/m0/s1. The Bertz CT molecular complexity index is 504. The lowest BCUT2D eigenvalue weighted by atomic mass is 9.94. The zero-order chi connectivity index (χ0) is 16.3. The van der Waals surface area contributed by atoms with E-state index in [0.29, 0.717) is 18.5 Å². The molecule has 5 nitrogen and oxygen atoms in total. The maximum absolute atomic E-state index is 12.1. The summed E-state index contributed by atoms with van der Waals surface area (Å²) >= 11 is 1.93. The van der Waals surface area contributed by atoms with Crippen LogP contribution in [0.2, 0.25) is 0 Å². The van der Waals surface area contributed by atoms with E-state index in [2.05, 4.69) is 30.7 Å². The Morgan fingerprint density at radius 1 is 1.59 bits per heavy atom. The second kappa shape index (κ2) is 7.04. The van der Waals surface area contributed by atoms with Gasteiger partial charge in [-0.05, 0) is 26.1 Å². The van der Waals surface area contributed by atoms with Crippen LogP contribution in [0.3, 0.4) is 0 Å². The first-order valence-corrected chi connectivity index (χ1v) is 8.86. The second-order valence-corrected chi connectivity index (χ2v) is 8.03. The molecular weight excluding hydrogens is 300 g/mol. The summed E-state index contributed by atoms with van der Waals surface area (Å²) in [5.74, 6) is 3.28. The van der Waals surface area contributed by atoms with Crippen LogP contribution in [0.1, 0.15) is 51.9 Å². The predicted molar refractivity (Wildman–Crippen MR) is 88.1 cm³/mol. The van der Waals surface area contributed by atoms with Gasteiger partial charge in [0.05, 0.1) is 12.7 Å². The number of carbonyl (C=O) groups is 1. The number of nitrogens with zero attached hydrogens (tertiary/aromatic N) is 2. The van der Waals surface area contributed by atoms with Crippen LogP contribution in [0, 0.1) is 0 Å². The van der Waals surface area contributed by atoms with E-state index in [0.717, 1.165) is 17.9 Å². The minimum atomic E-state index is -0.463. The number of hydrogen-bond donors (Lipinski definition) is 0. The molecule has 1 aliphatic rings. The van der Waals surface area contributed by atoms with E-state index < -0.39 is 6.10 Å². The summed E-state index contributed by atoms with van der Waals surface area (Å²) in [7, 11) is 1.98. The number of ether oxygens (including phenoxy) is 1. The van der Waals surface area contributed by atoms with Crippen molar-refractivity contribution in [3.8, 4) is 0 Å². The second-order valence-electron chi connectivity index (χ2n) is 6.88. The molecule has 0 spiro atoms. The van der Waals surface area contributed by atoms with Gasteiger partial charge in [-0.1, -0.05) is 20.8 Å². The molecule has 6 heteroatoms. The van der Waals surface area contributed by atoms with Gasteiger partial charge in [0, 0.05) is 17.2 Å². The summed E-state index contributed by atoms with van der Waals surface area (Å²) in [5, 5.41) is 0. The molecule has 0 amide bonds. The number of esters is 1. The largest absolute Gasteiger partial charge is 0.452 e. The number of hydrogen-bond acceptors (Lipinski definition) is 6. The fourth-order valence-electron chi connectivity index (χ4n) is 2.31. The molecule has 1 fully saturated rings. The molecule has 1 saturated heterocycles. The SMILES string of the molecule is C[C@H](OC(=O)CN(C)[C@H]1CCSC1)c1ncc(C(C)(C)C)o1. The van der Waals surface area contributed by atoms with E-state index >= 15 is 0 Å². The number of oxazole rings is 1. The lowest BCUT2D eigenvalue weighted by Gasteiger charge is -2.22. The number of aromatic nitrogens is 1. The zero-order valence-corrected chi connectivity index (χ0v) is 14.9. The summed E-state index contributed by atoms with van der Waals surface area (Å²) in [6.07, 6.45) is 2.38. The zero-order valence-electron chi connectivity index (χ0n) is 14.1. The lowest BCUT2D eigenvalue weighted by molar-refractivity contribution is -0.151. The van der Waals surface area contributed by atoms with Crippen molar-refractivity contribution in [3.05, 3.63) is 17.8 Å². The van der Waals surface area contributed by atoms with Gasteiger partial charge in [0.1, 0.15) is 5.76 Å². The van der Waals surface area contributed by atoms with E-state index in [4.69, 9.17) is 9.15 Å². The monoisotopic (exact) mass is 326 g/mol. The molecule has 0 bridgehead atoms. The van der Waals surface area contributed by atoms with Crippen molar-refractivity contribution in [1.82, 2.24) is 9.88 Å². The average Bonchev–Trinajstić information content (AvgIpc) is 3.09. The highest BCUT2D eigenvalue weighted by molar-refractivity contribution is 7.99. The van der Waals surface area contributed by atoms with Crippen LogP contribution in [-0.2, 0) is 14.9 Å². The van der Waals surface area contributed by atoms with Crippen LogP contribution in [-0.4, -0.2) is 47.0 Å². The highest BCUT2D eigenvalue weighted by Gasteiger charge is 2.25. The molecule has 0 saturated carbocycles. The molecule has 22 heavy (non-hydrogen) atoms. The predicted octanol–water partition coefficient (Wildman–Crippen LogP) is 3.01. The molecule has 0 N–H and O–H groups in total. The number of rotatable bonds is 5. The first kappa shape index (κ1) is 17.3. The van der Waals surface area contributed by atoms with Gasteiger partial charge < -0.3 is 9.15 Å². The minimum Gasteiger partial charge on any atom is -0.452 e. The van der Waals surface area contributed by atoms with Crippen molar-refractivity contribution in [3.63, 3.8) is 0 Å². The van der Waals surface area contributed by atoms with E-state index in [1.54, 1.807) is 13.1 Å².